The molecule has 0 spiro atoms. The highest BCUT2D eigenvalue weighted by molar-refractivity contribution is 5.98. The first-order chi connectivity index (χ1) is 6.13. The molecular weight excluding hydrogens is 169 g/mol. The van der Waals surface area contributed by atoms with Gasteiger partial charge in [-0.05, 0) is 30.7 Å². The molecule has 3 heteroatoms. The monoisotopic (exact) mass is 179 g/mol. The third kappa shape index (κ3) is 2.40. The summed E-state index contributed by atoms with van der Waals surface area (Å²) in [6, 6.07) is 4.52. The molecule has 1 rings (SSSR count). The highest BCUT2D eigenvalue weighted by Gasteiger charge is 2.03. The van der Waals surface area contributed by atoms with Crippen LogP contribution in [0, 0.1) is 12.7 Å². The van der Waals surface area contributed by atoms with Gasteiger partial charge >= 0.3 is 0 Å². The van der Waals surface area contributed by atoms with E-state index < -0.39 is 11.7 Å². The third-order valence-corrected chi connectivity index (χ3v) is 1.57. The quantitative estimate of drug-likeness (QED) is 0.693. The maximum absolute atomic E-state index is 13.0. The molecule has 0 saturated heterocycles. The number of aryl methyl sites for hydroxylation is 1. The number of amides is 1. The minimum absolute atomic E-state index is 0.185. The average molecular weight is 179 g/mol. The molecule has 0 fully saturated rings. The molecule has 0 aliphatic rings. The number of rotatable bonds is 2. The minimum Gasteiger partial charge on any atom is -0.320 e. The van der Waals surface area contributed by atoms with Crippen molar-refractivity contribution in [1.82, 2.24) is 0 Å². The smallest absolute Gasteiger partial charge is 0.247 e. The number of hydrogen-bond donors (Lipinski definition) is 1. The first kappa shape index (κ1) is 9.45. The van der Waals surface area contributed by atoms with E-state index in [2.05, 4.69) is 11.9 Å². The fourth-order valence-electron chi connectivity index (χ4n) is 0.919. The minimum atomic E-state index is -0.444. The second-order valence-corrected chi connectivity index (χ2v) is 2.68. The topological polar surface area (TPSA) is 29.1 Å². The van der Waals surface area contributed by atoms with Crippen LogP contribution in [-0.4, -0.2) is 5.91 Å². The Balaban J connectivity index is 2.93. The molecular formula is C10H10FNO. The van der Waals surface area contributed by atoms with Gasteiger partial charge in [0.2, 0.25) is 5.91 Å². The standard InChI is InChI=1S/C10H10FNO/c1-3-10(13)12-9-6-7(2)4-5-8(9)11/h3-6H,1H2,2H3,(H,12,13). The van der Waals surface area contributed by atoms with E-state index in [9.17, 15) is 9.18 Å². The first-order valence-electron chi connectivity index (χ1n) is 3.83. The maximum atomic E-state index is 13.0. The van der Waals surface area contributed by atoms with Crippen molar-refractivity contribution in [3.63, 3.8) is 0 Å². The van der Waals surface area contributed by atoms with Crippen LogP contribution < -0.4 is 5.32 Å². The van der Waals surface area contributed by atoms with Gasteiger partial charge in [-0.3, -0.25) is 4.79 Å². The lowest BCUT2D eigenvalue weighted by Crippen LogP contribution is -2.08. The van der Waals surface area contributed by atoms with Gasteiger partial charge in [0.1, 0.15) is 5.82 Å². The van der Waals surface area contributed by atoms with Gasteiger partial charge in [0, 0.05) is 0 Å². The lowest BCUT2D eigenvalue weighted by atomic mass is 10.2. The van der Waals surface area contributed by atoms with Crippen LogP contribution in [0.4, 0.5) is 10.1 Å². The molecule has 0 heterocycles. The van der Waals surface area contributed by atoms with E-state index in [1.54, 1.807) is 12.1 Å². The van der Waals surface area contributed by atoms with Gasteiger partial charge in [0.25, 0.3) is 0 Å². The van der Waals surface area contributed by atoms with Crippen molar-refractivity contribution in [3.05, 3.63) is 42.2 Å². The van der Waals surface area contributed by atoms with Crippen LogP contribution in [0.3, 0.4) is 0 Å². The van der Waals surface area contributed by atoms with Crippen molar-refractivity contribution in [3.8, 4) is 0 Å². The number of anilines is 1. The van der Waals surface area contributed by atoms with Gasteiger partial charge in [0.05, 0.1) is 5.69 Å². The van der Waals surface area contributed by atoms with Crippen LogP contribution in [0.1, 0.15) is 5.56 Å². The van der Waals surface area contributed by atoms with Crippen molar-refractivity contribution in [2.75, 3.05) is 5.32 Å². The van der Waals surface area contributed by atoms with Gasteiger partial charge in [0.15, 0.2) is 0 Å². The van der Waals surface area contributed by atoms with E-state index in [1.165, 1.54) is 6.07 Å². The van der Waals surface area contributed by atoms with Crippen LogP contribution in [0.15, 0.2) is 30.9 Å². The lowest BCUT2D eigenvalue weighted by Gasteiger charge is -2.04. The zero-order valence-corrected chi connectivity index (χ0v) is 7.30. The molecule has 68 valence electrons. The fourth-order valence-corrected chi connectivity index (χ4v) is 0.919. The number of benzene rings is 1. The number of carbonyl (C=O) groups is 1. The Morgan fingerprint density at radius 3 is 2.92 bits per heavy atom. The Kier molecular flexibility index (Phi) is 2.80. The number of nitrogens with one attached hydrogen (secondary N) is 1. The predicted molar refractivity (Wildman–Crippen MR) is 50.0 cm³/mol. The summed E-state index contributed by atoms with van der Waals surface area (Å²) in [5, 5.41) is 2.37. The molecule has 13 heavy (non-hydrogen) atoms. The van der Waals surface area contributed by atoms with Crippen molar-refractivity contribution in [2.24, 2.45) is 0 Å². The molecule has 1 amide bonds. The average Bonchev–Trinajstić information content (AvgIpc) is 2.11. The Morgan fingerprint density at radius 1 is 1.62 bits per heavy atom. The van der Waals surface area contributed by atoms with Gasteiger partial charge in [-0.25, -0.2) is 4.39 Å². The zero-order valence-electron chi connectivity index (χ0n) is 7.30. The molecule has 0 aromatic heterocycles. The van der Waals surface area contributed by atoms with Gasteiger partial charge in [-0.2, -0.15) is 0 Å². The molecule has 0 unspecified atom stereocenters. The Bertz CT molecular complexity index is 347. The Morgan fingerprint density at radius 2 is 2.31 bits per heavy atom. The SMILES string of the molecule is C=CC(=O)Nc1cc(C)ccc1F. The van der Waals surface area contributed by atoms with Crippen LogP contribution in [-0.2, 0) is 4.79 Å². The predicted octanol–water partition coefficient (Wildman–Crippen LogP) is 2.26. The number of carbonyl (C=O) groups excluding carboxylic acids is 1. The molecule has 1 N–H and O–H groups in total. The Labute approximate surface area is 76.1 Å². The van der Waals surface area contributed by atoms with Gasteiger partial charge in [-0.15, -0.1) is 0 Å². The van der Waals surface area contributed by atoms with Gasteiger partial charge in [-0.1, -0.05) is 12.6 Å². The summed E-state index contributed by atoms with van der Waals surface area (Å²) in [6.07, 6.45) is 1.10. The van der Waals surface area contributed by atoms with E-state index in [0.29, 0.717) is 0 Å². The second kappa shape index (κ2) is 3.85. The molecule has 0 bridgehead atoms. The van der Waals surface area contributed by atoms with Crippen molar-refractivity contribution in [2.45, 2.75) is 6.92 Å². The summed E-state index contributed by atoms with van der Waals surface area (Å²) in [6.45, 7) is 5.10. The first-order valence-corrected chi connectivity index (χ1v) is 3.83. The van der Waals surface area contributed by atoms with Crippen LogP contribution in [0.25, 0.3) is 0 Å². The molecule has 1 aromatic rings. The number of halogens is 1. The number of hydrogen-bond acceptors (Lipinski definition) is 1. The van der Waals surface area contributed by atoms with Crippen LogP contribution in [0.5, 0.6) is 0 Å². The molecule has 0 radical (unpaired) electrons. The fraction of sp³-hybridized carbons (Fsp3) is 0.100. The maximum Gasteiger partial charge on any atom is 0.247 e. The summed E-state index contributed by atoms with van der Waals surface area (Å²) < 4.78 is 13.0. The summed E-state index contributed by atoms with van der Waals surface area (Å²) in [4.78, 5) is 10.8. The molecule has 0 saturated carbocycles. The lowest BCUT2D eigenvalue weighted by molar-refractivity contribution is -0.111. The highest BCUT2D eigenvalue weighted by Crippen LogP contribution is 2.15. The molecule has 2 nitrogen and oxygen atoms in total. The summed E-state index contributed by atoms with van der Waals surface area (Å²) in [5.41, 5.74) is 1.07. The van der Waals surface area contributed by atoms with Crippen molar-refractivity contribution in [1.29, 1.82) is 0 Å². The zero-order chi connectivity index (χ0) is 9.84. The van der Waals surface area contributed by atoms with E-state index in [4.69, 9.17) is 0 Å². The summed E-state index contributed by atoms with van der Waals surface area (Å²) in [5.74, 6) is -0.856. The van der Waals surface area contributed by atoms with Crippen molar-refractivity contribution < 1.29 is 9.18 Å². The van der Waals surface area contributed by atoms with E-state index in [-0.39, 0.29) is 5.69 Å². The normalized spacial score (nSPS) is 9.38. The van der Waals surface area contributed by atoms with E-state index in [0.717, 1.165) is 11.6 Å². The molecule has 0 aliphatic heterocycles. The molecule has 0 atom stereocenters. The molecule has 1 aromatic carbocycles. The van der Waals surface area contributed by atoms with Gasteiger partial charge < -0.3 is 5.32 Å². The summed E-state index contributed by atoms with van der Waals surface area (Å²) >= 11 is 0. The van der Waals surface area contributed by atoms with Crippen LogP contribution in [0.2, 0.25) is 0 Å². The third-order valence-electron chi connectivity index (χ3n) is 1.57. The van der Waals surface area contributed by atoms with Crippen LogP contribution >= 0.6 is 0 Å². The Hall–Kier alpha value is -1.64. The molecule has 0 aliphatic carbocycles. The van der Waals surface area contributed by atoms with Crippen molar-refractivity contribution >= 4 is 11.6 Å². The summed E-state index contributed by atoms with van der Waals surface area (Å²) in [7, 11) is 0. The van der Waals surface area contributed by atoms with E-state index >= 15 is 0 Å². The second-order valence-electron chi connectivity index (χ2n) is 2.68. The largest absolute Gasteiger partial charge is 0.320 e. The highest BCUT2D eigenvalue weighted by atomic mass is 19.1. The van der Waals surface area contributed by atoms with E-state index in [1.807, 2.05) is 6.92 Å².